The summed E-state index contributed by atoms with van der Waals surface area (Å²) in [6.07, 6.45) is 3.53. The fourth-order valence-electron chi connectivity index (χ4n) is 2.53. The van der Waals surface area contributed by atoms with E-state index in [1.54, 1.807) is 24.5 Å². The lowest BCUT2D eigenvalue weighted by Crippen LogP contribution is -2.03. The van der Waals surface area contributed by atoms with Crippen LogP contribution >= 0.6 is 0 Å². The first-order chi connectivity index (χ1) is 12.2. The summed E-state index contributed by atoms with van der Waals surface area (Å²) in [6.45, 7) is 0.287. The molecular weight excluding hydrogens is 318 g/mol. The second kappa shape index (κ2) is 7.55. The molecule has 2 N–H and O–H groups in total. The van der Waals surface area contributed by atoms with Crippen LogP contribution in [0.2, 0.25) is 0 Å². The van der Waals surface area contributed by atoms with Crippen LogP contribution in [0.25, 0.3) is 11.1 Å². The van der Waals surface area contributed by atoms with Gasteiger partial charge in [-0.05, 0) is 40.5 Å². The monoisotopic (exact) mass is 335 g/mol. The van der Waals surface area contributed by atoms with E-state index in [9.17, 15) is 15.2 Å². The quantitative estimate of drug-likeness (QED) is 0.529. The number of rotatable bonds is 6. The van der Waals surface area contributed by atoms with E-state index in [1.807, 2.05) is 36.4 Å². The van der Waals surface area contributed by atoms with Crippen molar-refractivity contribution in [3.63, 3.8) is 0 Å². The third-order valence-electron chi connectivity index (χ3n) is 3.87. The number of aromatic nitrogens is 1. The minimum Gasteiger partial charge on any atom is -0.392 e. The van der Waals surface area contributed by atoms with Gasteiger partial charge >= 0.3 is 0 Å². The number of hydrogen-bond donors (Lipinski definition) is 2. The van der Waals surface area contributed by atoms with Crippen molar-refractivity contribution in [2.24, 2.45) is 0 Å². The molecule has 0 aliphatic rings. The molecule has 0 saturated heterocycles. The lowest BCUT2D eigenvalue weighted by molar-refractivity contribution is -0.384. The lowest BCUT2D eigenvalue weighted by Gasteiger charge is -2.09. The number of benzene rings is 2. The Labute approximate surface area is 144 Å². The van der Waals surface area contributed by atoms with Crippen molar-refractivity contribution >= 4 is 11.4 Å². The van der Waals surface area contributed by atoms with Gasteiger partial charge in [0, 0.05) is 25.0 Å². The van der Waals surface area contributed by atoms with Gasteiger partial charge in [-0.25, -0.2) is 0 Å². The molecule has 0 saturated carbocycles. The third-order valence-corrected chi connectivity index (χ3v) is 3.87. The molecule has 1 aromatic heterocycles. The van der Waals surface area contributed by atoms with Gasteiger partial charge < -0.3 is 10.4 Å². The maximum atomic E-state index is 11.1. The van der Waals surface area contributed by atoms with Crippen LogP contribution in [0.3, 0.4) is 0 Å². The van der Waals surface area contributed by atoms with Crippen molar-refractivity contribution in [1.29, 1.82) is 0 Å². The molecule has 0 bridgehead atoms. The highest BCUT2D eigenvalue weighted by molar-refractivity contribution is 5.64. The van der Waals surface area contributed by atoms with Gasteiger partial charge in [-0.1, -0.05) is 30.3 Å². The van der Waals surface area contributed by atoms with Crippen LogP contribution in [-0.2, 0) is 13.2 Å². The van der Waals surface area contributed by atoms with Crippen molar-refractivity contribution in [2.75, 3.05) is 5.32 Å². The first-order valence-corrected chi connectivity index (χ1v) is 7.79. The summed E-state index contributed by atoms with van der Waals surface area (Å²) < 4.78 is 0. The van der Waals surface area contributed by atoms with E-state index in [0.29, 0.717) is 17.8 Å². The molecule has 0 atom stereocenters. The zero-order valence-electron chi connectivity index (χ0n) is 13.4. The van der Waals surface area contributed by atoms with Crippen LogP contribution in [0.1, 0.15) is 11.1 Å². The molecule has 25 heavy (non-hydrogen) atoms. The van der Waals surface area contributed by atoms with Crippen molar-refractivity contribution < 1.29 is 10.0 Å². The minimum absolute atomic E-state index is 0.0100. The molecule has 0 fully saturated rings. The average molecular weight is 335 g/mol. The number of pyridine rings is 1. The van der Waals surface area contributed by atoms with E-state index >= 15 is 0 Å². The lowest BCUT2D eigenvalue weighted by atomic mass is 10.1. The van der Waals surface area contributed by atoms with Crippen molar-refractivity contribution in [2.45, 2.75) is 13.2 Å². The van der Waals surface area contributed by atoms with Gasteiger partial charge in [0.2, 0.25) is 0 Å². The van der Waals surface area contributed by atoms with Crippen LogP contribution in [0.4, 0.5) is 11.4 Å². The Morgan fingerprint density at radius 3 is 2.44 bits per heavy atom. The van der Waals surface area contributed by atoms with E-state index in [1.165, 1.54) is 6.07 Å². The summed E-state index contributed by atoms with van der Waals surface area (Å²) in [4.78, 5) is 14.8. The van der Waals surface area contributed by atoms with Crippen LogP contribution in [0, 0.1) is 10.1 Å². The van der Waals surface area contributed by atoms with E-state index < -0.39 is 4.92 Å². The van der Waals surface area contributed by atoms with E-state index in [0.717, 1.165) is 16.7 Å². The molecule has 6 heteroatoms. The number of nitro benzene ring substituents is 1. The Balaban J connectivity index is 1.75. The first kappa shape index (κ1) is 16.6. The molecule has 3 rings (SSSR count). The Bertz CT molecular complexity index is 865. The van der Waals surface area contributed by atoms with Crippen LogP contribution < -0.4 is 5.32 Å². The van der Waals surface area contributed by atoms with Gasteiger partial charge in [0.25, 0.3) is 5.69 Å². The van der Waals surface area contributed by atoms with Gasteiger partial charge in [0.1, 0.15) is 5.69 Å². The van der Waals surface area contributed by atoms with Gasteiger partial charge in [0.05, 0.1) is 11.5 Å². The summed E-state index contributed by atoms with van der Waals surface area (Å²) in [5.74, 6) is 0. The number of aliphatic hydroxyl groups is 1. The minimum atomic E-state index is -0.436. The summed E-state index contributed by atoms with van der Waals surface area (Å²) in [6, 6.07) is 16.4. The molecule has 0 unspecified atom stereocenters. The number of hydrogen-bond acceptors (Lipinski definition) is 5. The van der Waals surface area contributed by atoms with Gasteiger partial charge in [-0.3, -0.25) is 15.1 Å². The standard InChI is InChI=1S/C19H17N3O3/c23-13-15-5-8-19(22(24)25)18(10-15)21-11-14-3-6-16(7-4-14)17-2-1-9-20-12-17/h1-10,12,21,23H,11,13H2. The molecule has 0 spiro atoms. The van der Waals surface area contributed by atoms with Crippen molar-refractivity contribution in [3.05, 3.63) is 88.2 Å². The summed E-state index contributed by atoms with van der Waals surface area (Å²) >= 11 is 0. The van der Waals surface area contributed by atoms with Crippen molar-refractivity contribution in [3.8, 4) is 11.1 Å². The fourth-order valence-corrected chi connectivity index (χ4v) is 2.53. The number of nitrogens with one attached hydrogen (secondary N) is 1. The highest BCUT2D eigenvalue weighted by atomic mass is 16.6. The second-order valence-electron chi connectivity index (χ2n) is 5.56. The zero-order valence-corrected chi connectivity index (χ0v) is 13.4. The zero-order chi connectivity index (χ0) is 17.6. The number of anilines is 1. The summed E-state index contributed by atoms with van der Waals surface area (Å²) in [5, 5.41) is 23.4. The Morgan fingerprint density at radius 2 is 1.80 bits per heavy atom. The van der Waals surface area contributed by atoms with Crippen LogP contribution in [0.15, 0.2) is 67.0 Å². The average Bonchev–Trinajstić information content (AvgIpc) is 2.67. The van der Waals surface area contributed by atoms with Crippen LogP contribution in [-0.4, -0.2) is 15.0 Å². The molecule has 0 aliphatic carbocycles. The number of nitro groups is 1. The van der Waals surface area contributed by atoms with Crippen molar-refractivity contribution in [1.82, 2.24) is 4.98 Å². The Hall–Kier alpha value is -3.25. The third kappa shape index (κ3) is 3.99. The number of aliphatic hydroxyl groups excluding tert-OH is 1. The molecule has 126 valence electrons. The maximum absolute atomic E-state index is 11.1. The first-order valence-electron chi connectivity index (χ1n) is 7.79. The topological polar surface area (TPSA) is 88.3 Å². The molecule has 1 heterocycles. The molecule has 0 radical (unpaired) electrons. The molecule has 2 aromatic carbocycles. The van der Waals surface area contributed by atoms with E-state index in [-0.39, 0.29) is 12.3 Å². The summed E-state index contributed by atoms with van der Waals surface area (Å²) in [7, 11) is 0. The predicted molar refractivity (Wildman–Crippen MR) is 96.0 cm³/mol. The van der Waals surface area contributed by atoms with Gasteiger partial charge in [0.15, 0.2) is 0 Å². The van der Waals surface area contributed by atoms with E-state index in [2.05, 4.69) is 10.3 Å². The van der Waals surface area contributed by atoms with E-state index in [4.69, 9.17) is 0 Å². The highest BCUT2D eigenvalue weighted by Gasteiger charge is 2.13. The normalized spacial score (nSPS) is 10.4. The SMILES string of the molecule is O=[N+]([O-])c1ccc(CO)cc1NCc1ccc(-c2cccnc2)cc1. The molecule has 6 nitrogen and oxygen atoms in total. The van der Waals surface area contributed by atoms with Gasteiger partial charge in [-0.2, -0.15) is 0 Å². The maximum Gasteiger partial charge on any atom is 0.292 e. The largest absolute Gasteiger partial charge is 0.392 e. The summed E-state index contributed by atoms with van der Waals surface area (Å²) in [5.41, 5.74) is 4.10. The number of nitrogens with zero attached hydrogens (tertiary/aromatic N) is 2. The molecule has 0 amide bonds. The fraction of sp³-hybridized carbons (Fsp3) is 0.105. The smallest absolute Gasteiger partial charge is 0.292 e. The van der Waals surface area contributed by atoms with Crippen LogP contribution in [0.5, 0.6) is 0 Å². The van der Waals surface area contributed by atoms with Gasteiger partial charge in [-0.15, -0.1) is 0 Å². The second-order valence-corrected chi connectivity index (χ2v) is 5.56. The molecule has 0 aliphatic heterocycles. The molecular formula is C19H17N3O3. The highest BCUT2D eigenvalue weighted by Crippen LogP contribution is 2.26. The predicted octanol–water partition coefficient (Wildman–Crippen LogP) is 3.76. The Morgan fingerprint density at radius 1 is 1.04 bits per heavy atom. The molecule has 3 aromatic rings. The Kier molecular flexibility index (Phi) is 5.01.